The topological polar surface area (TPSA) is 53.0 Å². The number of carbonyl (C=O) groups is 1. The summed E-state index contributed by atoms with van der Waals surface area (Å²) in [6.07, 6.45) is 0.939. The molecular formula is C17H24N2O3. The lowest BCUT2D eigenvalue weighted by atomic mass is 9.99. The number of fused-ring (bicyclic) bond motifs is 1. The number of rotatable bonds is 4. The molecule has 2 heterocycles. The highest BCUT2D eigenvalue weighted by Crippen LogP contribution is 2.34. The zero-order chi connectivity index (χ0) is 15.5. The van der Waals surface area contributed by atoms with Gasteiger partial charge in [-0.3, -0.25) is 9.69 Å². The molecule has 0 aliphatic carbocycles. The molecule has 0 bridgehead atoms. The molecule has 0 aromatic heterocycles. The predicted octanol–water partition coefficient (Wildman–Crippen LogP) is 1.08. The smallest absolute Gasteiger partial charge is 0.233 e. The quantitative estimate of drug-likeness (QED) is 0.904. The number of hydrogen-bond acceptors (Lipinski definition) is 4. The Bertz CT molecular complexity index is 522. The summed E-state index contributed by atoms with van der Waals surface area (Å²) in [5, 5.41) is 9.40. The van der Waals surface area contributed by atoms with E-state index in [1.807, 2.05) is 29.2 Å². The molecule has 0 saturated carbocycles. The third-order valence-corrected chi connectivity index (χ3v) is 4.82. The molecule has 1 fully saturated rings. The van der Waals surface area contributed by atoms with Gasteiger partial charge in [0.1, 0.15) is 18.3 Å². The minimum Gasteiger partial charge on any atom is -0.492 e. The molecule has 1 aromatic rings. The third-order valence-electron chi connectivity index (χ3n) is 4.82. The number of benzene rings is 1. The van der Waals surface area contributed by atoms with E-state index in [1.165, 1.54) is 0 Å². The van der Waals surface area contributed by atoms with Crippen LogP contribution in [0.5, 0.6) is 5.75 Å². The van der Waals surface area contributed by atoms with E-state index in [-0.39, 0.29) is 24.5 Å². The second-order valence-corrected chi connectivity index (χ2v) is 6.01. The van der Waals surface area contributed by atoms with E-state index in [2.05, 4.69) is 11.8 Å². The van der Waals surface area contributed by atoms with Crippen LogP contribution in [0.2, 0.25) is 0 Å². The molecule has 2 aliphatic heterocycles. The van der Waals surface area contributed by atoms with Crippen molar-refractivity contribution in [1.29, 1.82) is 0 Å². The maximum atomic E-state index is 12.8. The number of ether oxygens (including phenoxy) is 1. The Balaban J connectivity index is 1.61. The second kappa shape index (κ2) is 6.67. The summed E-state index contributed by atoms with van der Waals surface area (Å²) >= 11 is 0. The first kappa shape index (κ1) is 15.3. The van der Waals surface area contributed by atoms with Crippen molar-refractivity contribution in [2.24, 2.45) is 0 Å². The number of aliphatic hydroxyl groups excluding tert-OH is 1. The van der Waals surface area contributed by atoms with Crippen LogP contribution in [-0.4, -0.2) is 66.2 Å². The standard InChI is InChI=1S/C17H24N2O3/c1-2-13(11-20)18-7-9-19(10-8-18)17(21)15-12-22-16-6-4-3-5-14(15)16/h3-6,13,15,20H,2,7-12H2,1H3. The van der Waals surface area contributed by atoms with Gasteiger partial charge >= 0.3 is 0 Å². The van der Waals surface area contributed by atoms with Gasteiger partial charge in [0, 0.05) is 37.8 Å². The number of para-hydroxylation sites is 1. The lowest BCUT2D eigenvalue weighted by Gasteiger charge is -2.39. The molecule has 1 N–H and O–H groups in total. The van der Waals surface area contributed by atoms with Gasteiger partial charge in [0.2, 0.25) is 5.91 Å². The van der Waals surface area contributed by atoms with E-state index in [0.29, 0.717) is 6.61 Å². The van der Waals surface area contributed by atoms with Gasteiger partial charge in [0.25, 0.3) is 0 Å². The summed E-state index contributed by atoms with van der Waals surface area (Å²) in [4.78, 5) is 17.0. The maximum Gasteiger partial charge on any atom is 0.233 e. The Morgan fingerprint density at radius 2 is 2.05 bits per heavy atom. The highest BCUT2D eigenvalue weighted by molar-refractivity contribution is 5.85. The van der Waals surface area contributed by atoms with Gasteiger partial charge in [-0.1, -0.05) is 25.1 Å². The highest BCUT2D eigenvalue weighted by atomic mass is 16.5. The summed E-state index contributed by atoms with van der Waals surface area (Å²) < 4.78 is 5.63. The van der Waals surface area contributed by atoms with Gasteiger partial charge in [0.05, 0.1) is 6.61 Å². The van der Waals surface area contributed by atoms with E-state index in [9.17, 15) is 9.90 Å². The van der Waals surface area contributed by atoms with Crippen LogP contribution in [0.1, 0.15) is 24.8 Å². The van der Waals surface area contributed by atoms with Crippen molar-refractivity contribution in [3.8, 4) is 5.75 Å². The van der Waals surface area contributed by atoms with Crippen molar-refractivity contribution in [2.75, 3.05) is 39.4 Å². The Morgan fingerprint density at radius 3 is 2.73 bits per heavy atom. The molecule has 5 nitrogen and oxygen atoms in total. The molecule has 0 spiro atoms. The summed E-state index contributed by atoms with van der Waals surface area (Å²) in [5.41, 5.74) is 1.01. The molecule has 1 saturated heterocycles. The zero-order valence-corrected chi connectivity index (χ0v) is 13.1. The summed E-state index contributed by atoms with van der Waals surface area (Å²) in [6.45, 7) is 5.86. The fourth-order valence-electron chi connectivity index (χ4n) is 3.40. The van der Waals surface area contributed by atoms with E-state index in [1.54, 1.807) is 0 Å². The Morgan fingerprint density at radius 1 is 1.32 bits per heavy atom. The molecule has 2 atom stereocenters. The molecule has 3 rings (SSSR count). The first-order chi connectivity index (χ1) is 10.7. The predicted molar refractivity (Wildman–Crippen MR) is 84.0 cm³/mol. The van der Waals surface area contributed by atoms with Gasteiger partial charge in [-0.05, 0) is 12.5 Å². The Labute approximate surface area is 131 Å². The van der Waals surface area contributed by atoms with E-state index < -0.39 is 0 Å². The van der Waals surface area contributed by atoms with Crippen LogP contribution in [0.3, 0.4) is 0 Å². The van der Waals surface area contributed by atoms with Crippen LogP contribution >= 0.6 is 0 Å². The van der Waals surface area contributed by atoms with E-state index >= 15 is 0 Å². The largest absolute Gasteiger partial charge is 0.492 e. The Hall–Kier alpha value is -1.59. The first-order valence-corrected chi connectivity index (χ1v) is 8.10. The highest BCUT2D eigenvalue weighted by Gasteiger charge is 2.34. The van der Waals surface area contributed by atoms with Gasteiger partial charge in [-0.2, -0.15) is 0 Å². The van der Waals surface area contributed by atoms with Crippen LogP contribution in [-0.2, 0) is 4.79 Å². The van der Waals surface area contributed by atoms with Crippen LogP contribution < -0.4 is 4.74 Å². The molecule has 1 amide bonds. The van der Waals surface area contributed by atoms with Crippen molar-refractivity contribution in [3.63, 3.8) is 0 Å². The monoisotopic (exact) mass is 304 g/mol. The summed E-state index contributed by atoms with van der Waals surface area (Å²) in [5.74, 6) is 0.843. The third kappa shape index (κ3) is 2.83. The van der Waals surface area contributed by atoms with Gasteiger partial charge in [-0.25, -0.2) is 0 Å². The van der Waals surface area contributed by atoms with Crippen LogP contribution in [0.15, 0.2) is 24.3 Å². The molecule has 0 radical (unpaired) electrons. The van der Waals surface area contributed by atoms with Crippen molar-refractivity contribution in [2.45, 2.75) is 25.3 Å². The van der Waals surface area contributed by atoms with Gasteiger partial charge in [-0.15, -0.1) is 0 Å². The lowest BCUT2D eigenvalue weighted by Crippen LogP contribution is -2.53. The van der Waals surface area contributed by atoms with E-state index in [0.717, 1.165) is 43.9 Å². The number of aliphatic hydroxyl groups is 1. The number of amides is 1. The maximum absolute atomic E-state index is 12.8. The van der Waals surface area contributed by atoms with Gasteiger partial charge in [0.15, 0.2) is 0 Å². The van der Waals surface area contributed by atoms with Crippen LogP contribution in [0.4, 0.5) is 0 Å². The first-order valence-electron chi connectivity index (χ1n) is 8.10. The molecule has 2 unspecified atom stereocenters. The van der Waals surface area contributed by atoms with Crippen molar-refractivity contribution in [3.05, 3.63) is 29.8 Å². The van der Waals surface area contributed by atoms with Gasteiger partial charge < -0.3 is 14.7 Å². The summed E-state index contributed by atoms with van der Waals surface area (Å²) in [6, 6.07) is 8.02. The fraction of sp³-hybridized carbons (Fsp3) is 0.588. The molecular weight excluding hydrogens is 280 g/mol. The number of hydrogen-bond donors (Lipinski definition) is 1. The lowest BCUT2D eigenvalue weighted by molar-refractivity contribution is -0.135. The molecule has 22 heavy (non-hydrogen) atoms. The summed E-state index contributed by atoms with van der Waals surface area (Å²) in [7, 11) is 0. The number of piperazine rings is 1. The molecule has 120 valence electrons. The molecule has 5 heteroatoms. The minimum atomic E-state index is -0.164. The van der Waals surface area contributed by atoms with E-state index in [4.69, 9.17) is 4.74 Å². The average Bonchev–Trinajstić information content (AvgIpc) is 3.00. The zero-order valence-electron chi connectivity index (χ0n) is 13.1. The van der Waals surface area contributed by atoms with Crippen molar-refractivity contribution >= 4 is 5.91 Å². The molecule has 1 aromatic carbocycles. The fourth-order valence-corrected chi connectivity index (χ4v) is 3.40. The second-order valence-electron chi connectivity index (χ2n) is 6.01. The number of carbonyl (C=O) groups excluding carboxylic acids is 1. The number of nitrogens with zero attached hydrogens (tertiary/aromatic N) is 2. The van der Waals surface area contributed by atoms with Crippen LogP contribution in [0.25, 0.3) is 0 Å². The SMILES string of the molecule is CCC(CO)N1CCN(C(=O)C2COc3ccccc32)CC1. The molecule has 2 aliphatic rings. The van der Waals surface area contributed by atoms with Crippen LogP contribution in [0, 0.1) is 0 Å². The minimum absolute atomic E-state index is 0.164. The Kier molecular flexibility index (Phi) is 4.64. The average molecular weight is 304 g/mol. The van der Waals surface area contributed by atoms with Crippen molar-refractivity contribution < 1.29 is 14.6 Å². The van der Waals surface area contributed by atoms with Crippen molar-refractivity contribution in [1.82, 2.24) is 9.80 Å². The normalized spacial score (nSPS) is 23.0.